The fraction of sp³-hybridized carbons (Fsp3) is 0.656. The van der Waals surface area contributed by atoms with Crippen LogP contribution in [-0.2, 0) is 33.3 Å². The van der Waals surface area contributed by atoms with E-state index < -0.39 is 41.1 Å². The van der Waals surface area contributed by atoms with E-state index in [4.69, 9.17) is 18.9 Å². The standard InChI is InChI=1S/C32H43BrO8/c1-17(8-11-24(38-7)22-14-21(34)9-10-23(22)33)29-18(2)12-13-32(41-29)27(28(36)19(3)16-31(32,5)6)30(37)40-25-15-26(35)39-20(25)4/h9-10,12-14,17-20,24-25,27,29,34H,8,11,15-16H2,1-7H3. The molecule has 0 aromatic heterocycles. The van der Waals surface area contributed by atoms with Gasteiger partial charge in [-0.3, -0.25) is 14.4 Å². The molecule has 2 fully saturated rings. The average molecular weight is 636 g/mol. The molecule has 1 aromatic carbocycles. The number of benzene rings is 1. The summed E-state index contributed by atoms with van der Waals surface area (Å²) in [7, 11) is 1.65. The summed E-state index contributed by atoms with van der Waals surface area (Å²) in [5.74, 6) is -2.50. The van der Waals surface area contributed by atoms with Crippen molar-refractivity contribution in [2.75, 3.05) is 7.11 Å². The zero-order valence-corrected chi connectivity index (χ0v) is 26.6. The predicted molar refractivity (Wildman–Crippen MR) is 156 cm³/mol. The molecule has 2 aliphatic heterocycles. The number of rotatable bonds is 8. The van der Waals surface area contributed by atoms with Crippen LogP contribution in [0.4, 0.5) is 0 Å². The molecule has 0 amide bonds. The molecule has 1 spiro atoms. The maximum Gasteiger partial charge on any atom is 0.320 e. The SMILES string of the molecule is COC(CCC(C)C1OC2(C=CC1C)C(C(=O)OC1CC(=O)OC1C)C(=O)C(C)CC2(C)C)c1cc(O)ccc1Br. The minimum absolute atomic E-state index is 0.0247. The molecule has 8 nitrogen and oxygen atoms in total. The Morgan fingerprint density at radius 1 is 1.20 bits per heavy atom. The number of halogens is 1. The Balaban J connectivity index is 1.59. The maximum atomic E-state index is 13.8. The lowest BCUT2D eigenvalue weighted by atomic mass is 9.55. The number of ether oxygens (including phenoxy) is 4. The summed E-state index contributed by atoms with van der Waals surface area (Å²) in [6, 6.07) is 5.13. The van der Waals surface area contributed by atoms with E-state index in [9.17, 15) is 19.5 Å². The zero-order valence-electron chi connectivity index (χ0n) is 25.0. The van der Waals surface area contributed by atoms with Crippen molar-refractivity contribution < 1.29 is 38.4 Å². The van der Waals surface area contributed by atoms with Crippen LogP contribution in [0.5, 0.6) is 5.75 Å². The van der Waals surface area contributed by atoms with E-state index in [1.54, 1.807) is 32.2 Å². The summed E-state index contributed by atoms with van der Waals surface area (Å²) in [5, 5.41) is 10.0. The quantitative estimate of drug-likeness (QED) is 0.208. The minimum atomic E-state index is -1.19. The Morgan fingerprint density at radius 3 is 2.54 bits per heavy atom. The lowest BCUT2D eigenvalue weighted by Crippen LogP contribution is -2.65. The molecular formula is C32H43BrO8. The highest BCUT2D eigenvalue weighted by molar-refractivity contribution is 9.10. The summed E-state index contributed by atoms with van der Waals surface area (Å²) >= 11 is 3.57. The molecule has 41 heavy (non-hydrogen) atoms. The van der Waals surface area contributed by atoms with Gasteiger partial charge in [-0.15, -0.1) is 0 Å². The first kappa shape index (κ1) is 31.7. The molecule has 9 unspecified atom stereocenters. The summed E-state index contributed by atoms with van der Waals surface area (Å²) in [6.07, 6.45) is 4.15. The van der Waals surface area contributed by atoms with Crippen molar-refractivity contribution in [1.82, 2.24) is 0 Å². The number of Topliss-reactive ketones (excluding diaryl/α,β-unsaturated/α-hetero) is 1. The molecule has 4 rings (SSSR count). The van der Waals surface area contributed by atoms with E-state index in [1.165, 1.54) is 0 Å². The number of phenols is 1. The van der Waals surface area contributed by atoms with Gasteiger partial charge in [0.25, 0.3) is 0 Å². The van der Waals surface area contributed by atoms with Gasteiger partial charge in [0.1, 0.15) is 29.5 Å². The number of cyclic esters (lactones) is 1. The lowest BCUT2D eigenvalue weighted by molar-refractivity contribution is -0.218. The first-order valence-corrected chi connectivity index (χ1v) is 15.3. The number of carbonyl (C=O) groups is 3. The van der Waals surface area contributed by atoms with Crippen molar-refractivity contribution in [3.8, 4) is 5.75 Å². The summed E-state index contributed by atoms with van der Waals surface area (Å²) < 4.78 is 24.6. The van der Waals surface area contributed by atoms with Crippen molar-refractivity contribution >= 4 is 33.7 Å². The minimum Gasteiger partial charge on any atom is -0.508 e. The van der Waals surface area contributed by atoms with Crippen LogP contribution in [-0.4, -0.2) is 53.9 Å². The first-order chi connectivity index (χ1) is 19.2. The van der Waals surface area contributed by atoms with Crippen LogP contribution in [0, 0.1) is 29.1 Å². The van der Waals surface area contributed by atoms with Gasteiger partial charge in [0.15, 0.2) is 5.78 Å². The topological polar surface area (TPSA) is 108 Å². The van der Waals surface area contributed by atoms with Crippen LogP contribution in [0.25, 0.3) is 0 Å². The van der Waals surface area contributed by atoms with Gasteiger partial charge in [-0.25, -0.2) is 0 Å². The van der Waals surface area contributed by atoms with Crippen LogP contribution in [0.2, 0.25) is 0 Å². The third-order valence-electron chi connectivity index (χ3n) is 9.34. The number of esters is 2. The number of aromatic hydroxyl groups is 1. The molecule has 0 bridgehead atoms. The van der Waals surface area contributed by atoms with Gasteiger partial charge in [0, 0.05) is 23.4 Å². The van der Waals surface area contributed by atoms with E-state index >= 15 is 0 Å². The molecule has 2 heterocycles. The molecule has 0 radical (unpaired) electrons. The third-order valence-corrected chi connectivity index (χ3v) is 10.1. The zero-order chi connectivity index (χ0) is 30.3. The molecule has 1 aromatic rings. The molecule has 1 saturated carbocycles. The van der Waals surface area contributed by atoms with Crippen LogP contribution in [0.1, 0.15) is 78.9 Å². The highest BCUT2D eigenvalue weighted by Gasteiger charge is 2.63. The van der Waals surface area contributed by atoms with E-state index in [1.807, 2.05) is 26.8 Å². The molecular weight excluding hydrogens is 592 g/mol. The fourth-order valence-electron chi connectivity index (χ4n) is 6.94. The molecule has 1 aliphatic carbocycles. The summed E-state index contributed by atoms with van der Waals surface area (Å²) in [5.41, 5.74) is -0.873. The second kappa shape index (κ2) is 12.2. The van der Waals surface area contributed by atoms with Crippen molar-refractivity contribution in [3.63, 3.8) is 0 Å². The number of phenolic OH excluding ortho intramolecular Hbond substituents is 1. The average Bonchev–Trinajstić information content (AvgIpc) is 3.22. The van der Waals surface area contributed by atoms with Gasteiger partial charge in [-0.1, -0.05) is 62.7 Å². The maximum absolute atomic E-state index is 13.8. The van der Waals surface area contributed by atoms with Crippen molar-refractivity contribution in [3.05, 3.63) is 40.4 Å². The largest absolute Gasteiger partial charge is 0.508 e. The van der Waals surface area contributed by atoms with Gasteiger partial charge >= 0.3 is 11.9 Å². The van der Waals surface area contributed by atoms with Crippen molar-refractivity contribution in [2.45, 2.75) is 97.2 Å². The number of carbonyl (C=O) groups excluding carboxylic acids is 3. The fourth-order valence-corrected chi connectivity index (χ4v) is 7.44. The van der Waals surface area contributed by atoms with Gasteiger partial charge in [0.2, 0.25) is 0 Å². The Morgan fingerprint density at radius 2 is 1.90 bits per heavy atom. The summed E-state index contributed by atoms with van der Waals surface area (Å²) in [4.78, 5) is 39.3. The first-order valence-electron chi connectivity index (χ1n) is 14.5. The van der Waals surface area contributed by atoms with Gasteiger partial charge in [0.05, 0.1) is 18.6 Å². The van der Waals surface area contributed by atoms with Gasteiger partial charge in [-0.2, -0.15) is 0 Å². The predicted octanol–water partition coefficient (Wildman–Crippen LogP) is 6.09. The Labute approximate surface area is 251 Å². The molecule has 9 heteroatoms. The number of hydrogen-bond donors (Lipinski definition) is 1. The molecule has 9 atom stereocenters. The molecule has 1 N–H and O–H groups in total. The number of hydrogen-bond acceptors (Lipinski definition) is 8. The molecule has 1 saturated heterocycles. The van der Waals surface area contributed by atoms with E-state index in [0.29, 0.717) is 12.8 Å². The second-order valence-electron chi connectivity index (χ2n) is 12.8. The van der Waals surface area contributed by atoms with Crippen molar-refractivity contribution in [2.24, 2.45) is 29.1 Å². The van der Waals surface area contributed by atoms with E-state index in [-0.39, 0.29) is 47.9 Å². The smallest absolute Gasteiger partial charge is 0.320 e. The van der Waals surface area contributed by atoms with Crippen LogP contribution < -0.4 is 0 Å². The lowest BCUT2D eigenvalue weighted by Gasteiger charge is -2.56. The number of ketones is 1. The summed E-state index contributed by atoms with van der Waals surface area (Å²) in [6.45, 7) is 11.8. The van der Waals surface area contributed by atoms with E-state index in [0.717, 1.165) is 16.5 Å². The molecule has 3 aliphatic rings. The van der Waals surface area contributed by atoms with Crippen LogP contribution in [0.15, 0.2) is 34.8 Å². The number of methoxy groups -OCH3 is 1. The second-order valence-corrected chi connectivity index (χ2v) is 13.6. The monoisotopic (exact) mass is 634 g/mol. The van der Waals surface area contributed by atoms with Crippen LogP contribution in [0.3, 0.4) is 0 Å². The van der Waals surface area contributed by atoms with Crippen LogP contribution >= 0.6 is 15.9 Å². The normalized spacial score (nSPS) is 34.3. The van der Waals surface area contributed by atoms with Gasteiger partial charge < -0.3 is 24.1 Å². The third kappa shape index (κ3) is 6.13. The Hall–Kier alpha value is -2.23. The van der Waals surface area contributed by atoms with Gasteiger partial charge in [-0.05, 0) is 61.3 Å². The van der Waals surface area contributed by atoms with Crippen molar-refractivity contribution in [1.29, 1.82) is 0 Å². The Kier molecular flexibility index (Phi) is 9.41. The molecule has 226 valence electrons. The Bertz CT molecular complexity index is 1190. The highest BCUT2D eigenvalue weighted by atomic mass is 79.9. The van der Waals surface area contributed by atoms with E-state index in [2.05, 4.69) is 35.9 Å². The highest BCUT2D eigenvalue weighted by Crippen LogP contribution is 2.54.